The van der Waals surface area contributed by atoms with Gasteiger partial charge >= 0.3 is 11.9 Å². The van der Waals surface area contributed by atoms with Crippen LogP contribution in [0.3, 0.4) is 0 Å². The first-order valence-electron chi connectivity index (χ1n) is 9.84. The van der Waals surface area contributed by atoms with Crippen LogP contribution in [0.15, 0.2) is 23.8 Å². The van der Waals surface area contributed by atoms with Crippen molar-refractivity contribution in [3.05, 3.63) is 23.8 Å². The molecule has 2 N–H and O–H groups in total. The van der Waals surface area contributed by atoms with Gasteiger partial charge in [-0.25, -0.2) is 4.79 Å². The van der Waals surface area contributed by atoms with E-state index in [1.807, 2.05) is 13.0 Å². The fraction of sp³-hybridized carbons (Fsp3) is 0.714. The number of fused-ring (bicyclic) bond motifs is 2. The Bertz CT molecular complexity index is 799. The quantitative estimate of drug-likeness (QED) is 0.302. The SMILES string of the molecule is C=C(C)C(=O)O[C@@H]1[C@@H](O)C2OC3C=C(C)[C@H](O)C[C@]3(COC(C)=O)[C@]1(C)C21CO1. The zero-order valence-electron chi connectivity index (χ0n) is 17.1. The molecule has 2 bridgehead atoms. The van der Waals surface area contributed by atoms with Gasteiger partial charge in [-0.2, -0.15) is 0 Å². The summed E-state index contributed by atoms with van der Waals surface area (Å²) in [6.07, 6.45) is -2.10. The van der Waals surface area contributed by atoms with Crippen molar-refractivity contribution < 1.29 is 38.7 Å². The molecule has 2 aliphatic heterocycles. The van der Waals surface area contributed by atoms with E-state index in [9.17, 15) is 19.8 Å². The minimum Gasteiger partial charge on any atom is -0.465 e. The van der Waals surface area contributed by atoms with Crippen LogP contribution in [-0.4, -0.2) is 71.5 Å². The number of hydrogen-bond acceptors (Lipinski definition) is 8. The van der Waals surface area contributed by atoms with Crippen molar-refractivity contribution >= 4 is 11.9 Å². The largest absolute Gasteiger partial charge is 0.465 e. The average Bonchev–Trinajstić information content (AvgIpc) is 3.42. The molecule has 2 aliphatic carbocycles. The van der Waals surface area contributed by atoms with E-state index in [0.717, 1.165) is 5.57 Å². The Hall–Kier alpha value is -1.74. The minimum absolute atomic E-state index is 0.0595. The zero-order chi connectivity index (χ0) is 21.4. The van der Waals surface area contributed by atoms with E-state index in [2.05, 4.69) is 6.58 Å². The number of epoxide rings is 1. The number of hydrogen-bond donors (Lipinski definition) is 2. The standard InChI is InChI=1S/C21H28O8/c1-10(2)18(25)29-16-15(24)17-21(9-27-21)19(16,5)20(8-26-12(4)22)7-13(23)11(3)6-14(20)28-17/h6,13-17,23-24H,1,7-9H2,2-5H3/t13-,14?,15-,16-,17?,19-,20-,21?/m1/s1. The number of aliphatic hydroxyl groups is 2. The van der Waals surface area contributed by atoms with Crippen LogP contribution < -0.4 is 0 Å². The van der Waals surface area contributed by atoms with Gasteiger partial charge in [-0.15, -0.1) is 0 Å². The van der Waals surface area contributed by atoms with Crippen molar-refractivity contribution in [3.8, 4) is 0 Å². The Morgan fingerprint density at radius 3 is 2.55 bits per heavy atom. The molecular weight excluding hydrogens is 380 g/mol. The van der Waals surface area contributed by atoms with Gasteiger partial charge in [-0.1, -0.05) is 19.6 Å². The van der Waals surface area contributed by atoms with Gasteiger partial charge in [0.05, 0.1) is 24.2 Å². The predicted molar refractivity (Wildman–Crippen MR) is 99.6 cm³/mol. The normalized spacial score (nSPS) is 47.2. The first kappa shape index (κ1) is 20.5. The third kappa shape index (κ3) is 2.52. The Morgan fingerprint density at radius 2 is 2.00 bits per heavy atom. The summed E-state index contributed by atoms with van der Waals surface area (Å²) in [6.45, 7) is 10.4. The molecule has 4 rings (SSSR count). The van der Waals surface area contributed by atoms with E-state index >= 15 is 0 Å². The molecule has 0 aromatic heterocycles. The summed E-state index contributed by atoms with van der Waals surface area (Å²) in [7, 11) is 0. The van der Waals surface area contributed by atoms with Crippen LogP contribution in [0.4, 0.5) is 0 Å². The summed E-state index contributed by atoms with van der Waals surface area (Å²) >= 11 is 0. The molecule has 3 fully saturated rings. The Morgan fingerprint density at radius 1 is 1.34 bits per heavy atom. The zero-order valence-corrected chi connectivity index (χ0v) is 17.1. The third-order valence-electron chi connectivity index (χ3n) is 7.47. The molecule has 0 aromatic carbocycles. The summed E-state index contributed by atoms with van der Waals surface area (Å²) in [5, 5.41) is 21.8. The summed E-state index contributed by atoms with van der Waals surface area (Å²) in [6, 6.07) is 0. The maximum atomic E-state index is 12.4. The molecule has 1 saturated carbocycles. The lowest BCUT2D eigenvalue weighted by molar-refractivity contribution is -0.239. The highest BCUT2D eigenvalue weighted by atomic mass is 16.7. The molecule has 8 heteroatoms. The summed E-state index contributed by atoms with van der Waals surface area (Å²) in [4.78, 5) is 24.1. The molecule has 2 saturated heterocycles. The van der Waals surface area contributed by atoms with Crippen LogP contribution in [0.25, 0.3) is 0 Å². The molecule has 4 aliphatic rings. The molecule has 160 valence electrons. The Labute approximate surface area is 169 Å². The van der Waals surface area contributed by atoms with E-state index in [4.69, 9.17) is 18.9 Å². The van der Waals surface area contributed by atoms with Crippen LogP contribution in [0, 0.1) is 10.8 Å². The second-order valence-corrected chi connectivity index (χ2v) is 9.02. The number of ether oxygens (including phenoxy) is 4. The highest BCUT2D eigenvalue weighted by Gasteiger charge is 2.86. The predicted octanol–water partition coefficient (Wildman–Crippen LogP) is 0.652. The average molecular weight is 408 g/mol. The minimum atomic E-state index is -1.13. The summed E-state index contributed by atoms with van der Waals surface area (Å²) < 4.78 is 23.3. The van der Waals surface area contributed by atoms with Gasteiger partial charge in [-0.3, -0.25) is 4.79 Å². The van der Waals surface area contributed by atoms with Gasteiger partial charge in [0, 0.05) is 17.9 Å². The third-order valence-corrected chi connectivity index (χ3v) is 7.47. The lowest BCUT2D eigenvalue weighted by Gasteiger charge is -2.58. The Balaban J connectivity index is 1.86. The molecule has 29 heavy (non-hydrogen) atoms. The van der Waals surface area contributed by atoms with Crippen LogP contribution in [0.1, 0.15) is 34.1 Å². The smallest absolute Gasteiger partial charge is 0.333 e. The summed E-state index contributed by atoms with van der Waals surface area (Å²) in [5.41, 5.74) is -1.86. The molecule has 1 spiro atoms. The van der Waals surface area contributed by atoms with Gasteiger partial charge < -0.3 is 29.2 Å². The van der Waals surface area contributed by atoms with Crippen molar-refractivity contribution in [1.29, 1.82) is 0 Å². The number of carbonyl (C=O) groups excluding carboxylic acids is 2. The molecule has 8 nitrogen and oxygen atoms in total. The van der Waals surface area contributed by atoms with E-state index in [-0.39, 0.29) is 18.6 Å². The van der Waals surface area contributed by atoms with Gasteiger partial charge in [0.15, 0.2) is 0 Å². The van der Waals surface area contributed by atoms with Crippen molar-refractivity contribution in [1.82, 2.24) is 0 Å². The topological polar surface area (TPSA) is 115 Å². The first-order valence-corrected chi connectivity index (χ1v) is 9.84. The fourth-order valence-corrected chi connectivity index (χ4v) is 5.64. The highest BCUT2D eigenvalue weighted by Crippen LogP contribution is 2.72. The van der Waals surface area contributed by atoms with Gasteiger partial charge in [0.2, 0.25) is 0 Å². The lowest BCUT2D eigenvalue weighted by Crippen LogP contribution is -2.68. The van der Waals surface area contributed by atoms with E-state index < -0.39 is 58.9 Å². The number of esters is 2. The van der Waals surface area contributed by atoms with Gasteiger partial charge in [-0.05, 0) is 25.8 Å². The van der Waals surface area contributed by atoms with Crippen LogP contribution in [-0.2, 0) is 28.5 Å². The summed E-state index contributed by atoms with van der Waals surface area (Å²) in [5.74, 6) is -1.09. The maximum absolute atomic E-state index is 12.4. The monoisotopic (exact) mass is 408 g/mol. The molecule has 2 heterocycles. The molecule has 8 atom stereocenters. The Kier molecular flexibility index (Phi) is 4.51. The van der Waals surface area contributed by atoms with E-state index in [0.29, 0.717) is 6.61 Å². The maximum Gasteiger partial charge on any atom is 0.333 e. The van der Waals surface area contributed by atoms with Crippen LogP contribution >= 0.6 is 0 Å². The van der Waals surface area contributed by atoms with Crippen molar-refractivity contribution in [2.75, 3.05) is 13.2 Å². The second kappa shape index (κ2) is 6.38. The van der Waals surface area contributed by atoms with Crippen LogP contribution in [0.2, 0.25) is 0 Å². The molecule has 0 radical (unpaired) electrons. The van der Waals surface area contributed by atoms with Crippen molar-refractivity contribution in [3.63, 3.8) is 0 Å². The van der Waals surface area contributed by atoms with Crippen LogP contribution in [0.5, 0.6) is 0 Å². The molecular formula is C21H28O8. The van der Waals surface area contributed by atoms with E-state index in [1.165, 1.54) is 13.8 Å². The molecule has 0 amide bonds. The number of carbonyl (C=O) groups is 2. The lowest BCUT2D eigenvalue weighted by atomic mass is 9.51. The molecule has 0 aromatic rings. The first-order chi connectivity index (χ1) is 13.5. The van der Waals surface area contributed by atoms with Crippen molar-refractivity contribution in [2.45, 2.75) is 70.2 Å². The van der Waals surface area contributed by atoms with E-state index in [1.54, 1.807) is 6.92 Å². The fourth-order valence-electron chi connectivity index (χ4n) is 5.64. The van der Waals surface area contributed by atoms with Gasteiger partial charge in [0.1, 0.15) is 30.5 Å². The molecule has 3 unspecified atom stereocenters. The number of aliphatic hydroxyl groups excluding tert-OH is 2. The van der Waals surface area contributed by atoms with Gasteiger partial charge in [0.25, 0.3) is 0 Å². The second-order valence-electron chi connectivity index (χ2n) is 9.02. The van der Waals surface area contributed by atoms with Crippen molar-refractivity contribution in [2.24, 2.45) is 10.8 Å². The highest BCUT2D eigenvalue weighted by molar-refractivity contribution is 5.87. The number of rotatable bonds is 4.